The lowest BCUT2D eigenvalue weighted by molar-refractivity contribution is -0.208. The van der Waals surface area contributed by atoms with E-state index in [4.69, 9.17) is 4.74 Å². The Morgan fingerprint density at radius 1 is 1.07 bits per heavy atom. The number of carbonyl (C=O) groups excluding carboxylic acids is 1. The zero-order valence-electron chi connectivity index (χ0n) is 17.6. The number of ether oxygens (including phenoxy) is 1. The molecule has 4 aliphatic carbocycles. The van der Waals surface area contributed by atoms with E-state index >= 15 is 0 Å². The monoisotopic (exact) mass is 399 g/mol. The molecule has 2 N–H and O–H groups in total. The van der Waals surface area contributed by atoms with Gasteiger partial charge in [-0.15, -0.1) is 0 Å². The summed E-state index contributed by atoms with van der Waals surface area (Å²) in [5.41, 5.74) is 0.163. The Hall–Kier alpha value is -1.38. The number of nitriles is 1. The lowest BCUT2D eigenvalue weighted by Crippen LogP contribution is -2.62. The molecule has 5 rings (SSSR count). The summed E-state index contributed by atoms with van der Waals surface area (Å²) in [6.07, 6.45) is 8.39. The number of hydrogen-bond acceptors (Lipinski definition) is 5. The lowest BCUT2D eigenvalue weighted by atomic mass is 9.43. The molecule has 158 valence electrons. The van der Waals surface area contributed by atoms with E-state index in [0.717, 1.165) is 63.4 Å². The Labute approximate surface area is 173 Å². The highest BCUT2D eigenvalue weighted by molar-refractivity contribution is 5.96. The predicted octanol–water partition coefficient (Wildman–Crippen LogP) is 3.50. The van der Waals surface area contributed by atoms with Gasteiger partial charge in [0, 0.05) is 5.41 Å². The van der Waals surface area contributed by atoms with Crippen LogP contribution in [-0.2, 0) is 9.53 Å². The molecule has 0 spiro atoms. The molecule has 5 aliphatic rings. The molecule has 5 nitrogen and oxygen atoms in total. The summed E-state index contributed by atoms with van der Waals surface area (Å²) < 4.78 is 5.20. The molecular formula is C24H33NO4. The van der Waals surface area contributed by atoms with Crippen molar-refractivity contribution in [1.29, 1.82) is 5.26 Å². The molecule has 8 atom stereocenters. The van der Waals surface area contributed by atoms with Crippen LogP contribution in [0.3, 0.4) is 0 Å². The van der Waals surface area contributed by atoms with Crippen LogP contribution in [0.15, 0.2) is 11.1 Å². The van der Waals surface area contributed by atoms with Crippen molar-refractivity contribution in [3.8, 4) is 6.07 Å². The number of carbonyl (C=O) groups is 1. The van der Waals surface area contributed by atoms with Crippen molar-refractivity contribution in [2.24, 2.45) is 34.5 Å². The van der Waals surface area contributed by atoms with Gasteiger partial charge in [-0.25, -0.2) is 4.79 Å². The average molecular weight is 400 g/mol. The third-order valence-corrected chi connectivity index (χ3v) is 10.2. The summed E-state index contributed by atoms with van der Waals surface area (Å²) in [7, 11) is 0. The van der Waals surface area contributed by atoms with Crippen LogP contribution in [0.4, 0.5) is 0 Å². The first-order valence-electron chi connectivity index (χ1n) is 11.5. The molecule has 0 aromatic heterocycles. The third-order valence-electron chi connectivity index (χ3n) is 10.2. The Kier molecular flexibility index (Phi) is 4.26. The topological polar surface area (TPSA) is 90.5 Å². The highest BCUT2D eigenvalue weighted by atomic mass is 16.5. The molecule has 5 heteroatoms. The molecule has 0 aromatic carbocycles. The number of aliphatic hydroxyl groups excluding tert-OH is 1. The van der Waals surface area contributed by atoms with E-state index < -0.39 is 11.6 Å². The normalized spacial score (nSPS) is 51.7. The van der Waals surface area contributed by atoms with Crippen LogP contribution in [0.5, 0.6) is 0 Å². The first kappa shape index (κ1) is 19.6. The van der Waals surface area contributed by atoms with E-state index in [1.54, 1.807) is 0 Å². The van der Waals surface area contributed by atoms with Gasteiger partial charge in [-0.1, -0.05) is 13.8 Å². The predicted molar refractivity (Wildman–Crippen MR) is 106 cm³/mol. The minimum absolute atomic E-state index is 0.0493. The van der Waals surface area contributed by atoms with Crippen molar-refractivity contribution < 1.29 is 19.7 Å². The van der Waals surface area contributed by atoms with Gasteiger partial charge in [0.05, 0.1) is 11.7 Å². The van der Waals surface area contributed by atoms with Crippen molar-refractivity contribution in [2.75, 3.05) is 6.61 Å². The molecule has 4 fully saturated rings. The number of esters is 1. The molecule has 1 heterocycles. The molecule has 29 heavy (non-hydrogen) atoms. The van der Waals surface area contributed by atoms with Gasteiger partial charge in [0.15, 0.2) is 0 Å². The minimum Gasteiger partial charge on any atom is -0.457 e. The van der Waals surface area contributed by atoms with Gasteiger partial charge >= 0.3 is 5.97 Å². The Bertz CT molecular complexity index is 814. The Balaban J connectivity index is 1.49. The summed E-state index contributed by atoms with van der Waals surface area (Å²) in [6.45, 7) is 4.83. The third kappa shape index (κ3) is 2.42. The van der Waals surface area contributed by atoms with Gasteiger partial charge in [0.25, 0.3) is 0 Å². The highest BCUT2D eigenvalue weighted by Crippen LogP contribution is 2.70. The average Bonchev–Trinajstić information content (AvgIpc) is 3.18. The van der Waals surface area contributed by atoms with Crippen molar-refractivity contribution in [3.63, 3.8) is 0 Å². The second-order valence-electron chi connectivity index (χ2n) is 11.0. The quantitative estimate of drug-likeness (QED) is 0.659. The minimum atomic E-state index is -0.746. The van der Waals surface area contributed by atoms with Gasteiger partial charge in [-0.2, -0.15) is 5.26 Å². The maximum Gasteiger partial charge on any atom is 0.349 e. The summed E-state index contributed by atoms with van der Waals surface area (Å²) in [5, 5.41) is 31.9. The van der Waals surface area contributed by atoms with Crippen molar-refractivity contribution in [2.45, 2.75) is 83.3 Å². The fourth-order valence-electron chi connectivity index (χ4n) is 8.57. The Morgan fingerprint density at radius 2 is 1.86 bits per heavy atom. The van der Waals surface area contributed by atoms with Gasteiger partial charge in [-0.05, 0) is 92.4 Å². The molecule has 0 radical (unpaired) electrons. The van der Waals surface area contributed by atoms with Gasteiger partial charge in [0.2, 0.25) is 0 Å². The number of rotatable bonds is 1. The summed E-state index contributed by atoms with van der Waals surface area (Å²) in [4.78, 5) is 12.0. The fraction of sp³-hybridized carbons (Fsp3) is 0.833. The molecule has 1 aliphatic heterocycles. The van der Waals surface area contributed by atoms with E-state index in [1.165, 1.54) is 0 Å². The summed E-state index contributed by atoms with van der Waals surface area (Å²) in [6, 6.07) is 2.07. The van der Waals surface area contributed by atoms with E-state index in [0.29, 0.717) is 11.8 Å². The molecule has 4 saturated carbocycles. The van der Waals surface area contributed by atoms with Gasteiger partial charge in [0.1, 0.15) is 18.2 Å². The van der Waals surface area contributed by atoms with Crippen LogP contribution in [0.25, 0.3) is 0 Å². The Morgan fingerprint density at radius 3 is 2.62 bits per heavy atom. The summed E-state index contributed by atoms with van der Waals surface area (Å²) in [5.74, 6) is 0.882. The number of fused-ring (bicyclic) bond motifs is 5. The zero-order chi connectivity index (χ0) is 20.6. The molecule has 0 bridgehead atoms. The summed E-state index contributed by atoms with van der Waals surface area (Å²) >= 11 is 0. The second kappa shape index (κ2) is 6.31. The highest BCUT2D eigenvalue weighted by Gasteiger charge is 2.68. The first-order valence-corrected chi connectivity index (χ1v) is 11.5. The van der Waals surface area contributed by atoms with E-state index in [-0.39, 0.29) is 40.9 Å². The van der Waals surface area contributed by atoms with Crippen LogP contribution in [0.1, 0.15) is 71.6 Å². The van der Waals surface area contributed by atoms with Crippen LogP contribution < -0.4 is 0 Å². The smallest absolute Gasteiger partial charge is 0.349 e. The molecule has 0 amide bonds. The second-order valence-corrected chi connectivity index (χ2v) is 11.0. The molecule has 0 unspecified atom stereocenters. The molecule has 0 aromatic rings. The standard InChI is InChI=1S/C24H33NO4/c1-22-8-5-15(26)11-14(22)3-4-20-19(22)6-9-23(2)18(7-10-24(20,23)28)17-13-29-21(27)16(17)12-25/h14-15,18-20,26,28H,3-11,13H2,1-2H3/t14-,15+,18-,19+,20-,22+,23-,24+/m1/s1. The van der Waals surface area contributed by atoms with E-state index in [9.17, 15) is 20.3 Å². The fourth-order valence-corrected chi connectivity index (χ4v) is 8.57. The van der Waals surface area contributed by atoms with Crippen LogP contribution in [0.2, 0.25) is 0 Å². The maximum absolute atomic E-state index is 12.2. The largest absolute Gasteiger partial charge is 0.457 e. The lowest BCUT2D eigenvalue weighted by Gasteiger charge is -2.63. The molecular weight excluding hydrogens is 366 g/mol. The van der Waals surface area contributed by atoms with Crippen molar-refractivity contribution >= 4 is 5.97 Å². The zero-order valence-corrected chi connectivity index (χ0v) is 17.6. The van der Waals surface area contributed by atoms with E-state index in [1.807, 2.05) is 0 Å². The van der Waals surface area contributed by atoms with E-state index in [2.05, 4.69) is 19.9 Å². The van der Waals surface area contributed by atoms with Gasteiger partial charge < -0.3 is 14.9 Å². The van der Waals surface area contributed by atoms with Crippen LogP contribution >= 0.6 is 0 Å². The SMILES string of the molecule is C[C@]12CC[C@H](O)C[C@H]1CC[C@@H]1[C@@H]2CC[C@]2(C)[C@@H](C3=C(C#N)C(=O)OC3)CC[C@]12O. The van der Waals surface area contributed by atoms with Crippen molar-refractivity contribution in [1.82, 2.24) is 0 Å². The number of hydrogen-bond donors (Lipinski definition) is 2. The molecule has 0 saturated heterocycles. The van der Waals surface area contributed by atoms with Gasteiger partial charge in [-0.3, -0.25) is 0 Å². The van der Waals surface area contributed by atoms with Crippen LogP contribution in [0, 0.1) is 45.8 Å². The first-order chi connectivity index (χ1) is 13.7. The van der Waals surface area contributed by atoms with Crippen LogP contribution in [-0.4, -0.2) is 34.5 Å². The van der Waals surface area contributed by atoms with Crippen molar-refractivity contribution in [3.05, 3.63) is 11.1 Å². The number of aliphatic hydroxyl groups is 2. The number of cyclic esters (lactones) is 1. The maximum atomic E-state index is 12.2. The number of nitrogens with zero attached hydrogens (tertiary/aromatic N) is 1.